The number of alkyl halides is 12. The molecule has 812 valence electrons. The van der Waals surface area contributed by atoms with Gasteiger partial charge in [0.1, 0.15) is 11.5 Å². The van der Waals surface area contributed by atoms with E-state index >= 15 is 0 Å². The Morgan fingerprint density at radius 1 is 0.396 bits per heavy atom. The van der Waals surface area contributed by atoms with Crippen LogP contribution in [0.25, 0.3) is 22.7 Å². The van der Waals surface area contributed by atoms with Gasteiger partial charge in [-0.05, 0) is 284 Å². The van der Waals surface area contributed by atoms with Gasteiger partial charge in [-0.2, -0.15) is 86.4 Å². The van der Waals surface area contributed by atoms with Gasteiger partial charge in [-0.25, -0.2) is 14.4 Å². The third-order valence-electron chi connectivity index (χ3n) is 23.7. The summed E-state index contributed by atoms with van der Waals surface area (Å²) < 4.78 is 285. The van der Waals surface area contributed by atoms with Crippen LogP contribution in [0.15, 0.2) is 176 Å². The number of carboxylic acids is 1. The Balaban J connectivity index is 0.000000196. The van der Waals surface area contributed by atoms with Gasteiger partial charge in [0.25, 0.3) is 0 Å². The third kappa shape index (κ3) is 30.4. The molecule has 6 aliphatic rings. The van der Waals surface area contributed by atoms with Gasteiger partial charge >= 0.3 is 87.3 Å². The van der Waals surface area contributed by atoms with Crippen LogP contribution in [0.5, 0.6) is 0 Å². The lowest BCUT2D eigenvalue weighted by Crippen LogP contribution is -2.49. The number of sulfonamides is 2. The zero-order chi connectivity index (χ0) is 111. The number of benzene rings is 6. The first-order chi connectivity index (χ1) is 68.8. The number of aliphatic carboxylic acids is 1. The number of allylic oxidation sites excluding steroid dienone is 4. The van der Waals surface area contributed by atoms with Crippen molar-refractivity contribution in [2.45, 2.75) is 284 Å². The standard InChI is InChI=1S/C24H30O3S.C22H26O3S.C20H33BO5S.2C11H9F3O3S.C10H10O.C8H5F6NO4S2/c1-7-26-23(25)22(27-24(4,5)6)21-16(3)28-15(2)20(21)19-14-10-12-17-11-8-9-13-18(17)19;1-13-18(17-12-8-10-15-9-6-7-11-16(15)17)19(14(2)26-13)20(21(23)24)25-22(3,4)5;1-11-23-17(22)16(24-18(4,5)6)14-12(2)27-13(3)15(14)21-25-19(7,8)20(9,10)26-21;2*12-11(13,14)18(15,16)17-10-7-3-5-8-4-1-2-6-9(8)10;11-10-7-3-5-8-4-1-2-6-9(8)10;9-7(10,11)20(16,17)15(6-4-2-1-3-5-6)21(18,19)8(12,13)14/h8-9,11,13-14,22H,7,10,12H2,1-6H3;6-7,9,11-12,20H,8,10H2,1-5H3,(H,23,24);16H,11H2,1-10H3;2*1-2,4,6-7H,3,5H2;1-2,4,6H,3,5,7H2;1-5H. The summed E-state index contributed by atoms with van der Waals surface area (Å²) in [5, 5.41) is 9.90. The first kappa shape index (κ1) is 122. The number of Topliss-reactive ketones (excluding diaryl/α,β-unsaturated/α-hetero) is 1. The van der Waals surface area contributed by atoms with Crippen LogP contribution in [0.4, 0.5) is 58.4 Å². The molecule has 0 saturated carbocycles. The van der Waals surface area contributed by atoms with E-state index in [0.29, 0.717) is 67.9 Å². The minimum absolute atomic E-state index is 0.255. The molecule has 3 atom stereocenters. The molecule has 6 aromatic carbocycles. The van der Waals surface area contributed by atoms with Gasteiger partial charge in [0.2, 0.25) is 0 Å². The monoisotopic (exact) mass is 2220 g/mol. The zero-order valence-electron chi connectivity index (χ0n) is 86.1. The highest BCUT2D eigenvalue weighted by atomic mass is 32.3. The molecule has 1 N–H and O–H groups in total. The summed E-state index contributed by atoms with van der Waals surface area (Å²) in [6.45, 7) is 42.1. The number of fused-ring (bicyclic) bond motifs is 5. The molecule has 3 unspecified atom stereocenters. The van der Waals surface area contributed by atoms with Crippen molar-refractivity contribution in [3.8, 4) is 0 Å². The van der Waals surface area contributed by atoms with E-state index in [1.54, 1.807) is 77.3 Å². The van der Waals surface area contributed by atoms with Crippen LogP contribution in [-0.2, 0) is 128 Å². The summed E-state index contributed by atoms with van der Waals surface area (Å²) in [5.41, 5.74) is -9.42. The van der Waals surface area contributed by atoms with Crippen LogP contribution in [0.1, 0.15) is 278 Å². The fourth-order valence-corrected chi connectivity index (χ4v) is 23.7. The fraction of sp³-hybridized carbons (Fsp3) is 0.434. The molecular weight excluding hydrogens is 2100 g/mol. The summed E-state index contributed by atoms with van der Waals surface area (Å²) in [7, 11) is -25.4. The Labute approximate surface area is 875 Å². The smallest absolute Gasteiger partial charge is 0.479 e. The highest BCUT2D eigenvalue weighted by Gasteiger charge is 2.62. The molecule has 9 aromatic rings. The number of hydrogen-bond acceptors (Lipinski definition) is 24. The molecule has 4 heterocycles. The maximum atomic E-state index is 12.9. The molecule has 0 radical (unpaired) electrons. The lowest BCUT2D eigenvalue weighted by molar-refractivity contribution is -0.167. The van der Waals surface area contributed by atoms with Crippen molar-refractivity contribution in [3.63, 3.8) is 0 Å². The highest BCUT2D eigenvalue weighted by molar-refractivity contribution is 8.11. The van der Waals surface area contributed by atoms with Crippen LogP contribution in [0, 0.1) is 41.5 Å². The lowest BCUT2D eigenvalue weighted by Gasteiger charge is -2.32. The van der Waals surface area contributed by atoms with Crippen molar-refractivity contribution in [1.29, 1.82) is 0 Å². The van der Waals surface area contributed by atoms with Gasteiger partial charge in [-0.15, -0.1) is 37.7 Å². The summed E-state index contributed by atoms with van der Waals surface area (Å²) in [4.78, 5) is 55.6. The van der Waals surface area contributed by atoms with E-state index in [0.717, 1.165) is 143 Å². The Morgan fingerprint density at radius 3 is 1.04 bits per heavy atom. The molecule has 1 aliphatic heterocycles. The predicted molar refractivity (Wildman–Crippen MR) is 553 cm³/mol. The van der Waals surface area contributed by atoms with E-state index in [9.17, 15) is 111 Å². The van der Waals surface area contributed by atoms with Crippen molar-refractivity contribution in [1.82, 2.24) is 0 Å². The molecule has 1 fully saturated rings. The van der Waals surface area contributed by atoms with Crippen molar-refractivity contribution in [2.75, 3.05) is 16.9 Å². The Hall–Kier alpha value is -10.3. The Morgan fingerprint density at radius 2 is 0.698 bits per heavy atom. The molecular formula is C106H122BF12NO22S7. The van der Waals surface area contributed by atoms with Crippen molar-refractivity contribution in [3.05, 3.63) is 289 Å². The number of nitrogens with zero attached hydrogens (tertiary/aromatic N) is 1. The van der Waals surface area contributed by atoms with Gasteiger partial charge in [0.05, 0.1) is 46.9 Å². The number of carbonyl (C=O) groups excluding carboxylic acids is 3. The van der Waals surface area contributed by atoms with Crippen LogP contribution < -0.4 is 9.17 Å². The molecule has 149 heavy (non-hydrogen) atoms. The number of carbonyl (C=O) groups is 4. The number of carboxylic acid groups (broad SMARTS) is 1. The van der Waals surface area contributed by atoms with Gasteiger partial charge in [0.15, 0.2) is 24.1 Å². The molecule has 5 aliphatic carbocycles. The molecule has 1 saturated heterocycles. The molecule has 3 aromatic heterocycles. The molecule has 23 nitrogen and oxygen atoms in total. The Kier molecular flexibility index (Phi) is 40.0. The van der Waals surface area contributed by atoms with Gasteiger partial charge in [0, 0.05) is 85.7 Å². The number of esters is 2. The summed E-state index contributed by atoms with van der Waals surface area (Å²) in [6, 6.07) is 42.0. The topological polar surface area (TPSA) is 311 Å². The zero-order valence-corrected chi connectivity index (χ0v) is 91.8. The van der Waals surface area contributed by atoms with E-state index in [4.69, 9.17) is 33.0 Å². The average Bonchev–Trinajstić information content (AvgIpc) is 1.50. The van der Waals surface area contributed by atoms with Crippen LogP contribution in [-0.4, -0.2) is 133 Å². The third-order valence-corrected chi connectivity index (χ3v) is 32.4. The van der Waals surface area contributed by atoms with Crippen LogP contribution in [0.2, 0.25) is 0 Å². The van der Waals surface area contributed by atoms with E-state index in [1.165, 1.54) is 62.6 Å². The van der Waals surface area contributed by atoms with E-state index in [2.05, 4.69) is 83.8 Å². The quantitative estimate of drug-likeness (QED) is 0.0230. The molecule has 0 amide bonds. The van der Waals surface area contributed by atoms with Gasteiger partial charge in [-0.1, -0.05) is 152 Å². The van der Waals surface area contributed by atoms with Crippen molar-refractivity contribution >= 4 is 139 Å². The van der Waals surface area contributed by atoms with Crippen LogP contribution >= 0.6 is 34.0 Å². The Bertz CT molecular complexity index is 6770. The lowest BCUT2D eigenvalue weighted by atomic mass is 9.74. The second kappa shape index (κ2) is 48.8. The maximum absolute atomic E-state index is 12.9. The number of anilines is 1. The largest absolute Gasteiger partial charge is 0.534 e. The highest BCUT2D eigenvalue weighted by Crippen LogP contribution is 2.49. The van der Waals surface area contributed by atoms with Crippen molar-refractivity contribution < 1.29 is 152 Å². The number of hydrogen-bond donors (Lipinski definition) is 1. The minimum Gasteiger partial charge on any atom is -0.479 e. The summed E-state index contributed by atoms with van der Waals surface area (Å²) in [5.74, 6) is -1.84. The number of rotatable bonds is 21. The van der Waals surface area contributed by atoms with Crippen molar-refractivity contribution in [2.24, 2.45) is 0 Å². The van der Waals surface area contributed by atoms with E-state index in [1.807, 2.05) is 148 Å². The van der Waals surface area contributed by atoms with E-state index in [-0.39, 0.29) is 23.5 Å². The number of para-hydroxylation sites is 1. The molecule has 15 rings (SSSR count). The normalized spacial score (nSPS) is 16.1. The second-order valence-corrected chi connectivity index (χ2v) is 49.9. The van der Waals surface area contributed by atoms with Gasteiger partial charge in [-0.3, -0.25) is 4.79 Å². The minimum atomic E-state index is -6.81. The SMILES string of the molecule is CCOC(=O)C(OC(C)(C)C)c1c(C)sc(C)c1B1OC(C)(C)C(C)(C)O1.CCOC(=O)C(OC(C)(C)C)c1c(C)sc(C)c1C1=CCCc2ccccc21.Cc1sc(C)c(C(OC(C)(C)C)C(=O)O)c1C1=CCCc2ccccc21.O=C1CCCc2ccccc21.O=S(=O)(N(c1ccccc1)S(=O)(=O)C(F)(F)F)C(F)(F)F.O=S(=O)(OC1=CCCc2ccccc21)C(F)(F)F.O=S(=O)(OC1=CCCc2ccccc21)C(F)(F)F. The number of aryl methyl sites for hydroxylation is 11. The molecule has 0 spiro atoms. The maximum Gasteiger partial charge on any atom is 0.534 e. The van der Waals surface area contributed by atoms with Crippen LogP contribution in [0.3, 0.4) is 0 Å². The first-order valence-corrected chi connectivity index (χ1v) is 55.5. The van der Waals surface area contributed by atoms with E-state index < -0.39 is 131 Å². The number of ketones is 1. The predicted octanol–water partition coefficient (Wildman–Crippen LogP) is 26.0. The number of thiophene rings is 3. The first-order valence-electron chi connectivity index (χ1n) is 47.3. The second-order valence-electron chi connectivity index (χ2n) is 38.8. The summed E-state index contributed by atoms with van der Waals surface area (Å²) >= 11 is 5.00. The number of halogens is 12. The van der Waals surface area contributed by atoms with Gasteiger partial charge < -0.3 is 46.5 Å². The molecule has 43 heteroatoms. The molecule has 0 bridgehead atoms. The summed E-state index contributed by atoms with van der Waals surface area (Å²) in [6.07, 6.45) is 13.8. The average molecular weight is 2230 g/mol. The fourth-order valence-electron chi connectivity index (χ4n) is 16.7. The number of ether oxygens (including phenoxy) is 5.